The third-order valence-electron chi connectivity index (χ3n) is 5.97. The van der Waals surface area contributed by atoms with Crippen LogP contribution in [-0.4, -0.2) is 55.4 Å². The van der Waals surface area contributed by atoms with Gasteiger partial charge in [-0.25, -0.2) is 8.42 Å². The van der Waals surface area contributed by atoms with Gasteiger partial charge in [0, 0.05) is 19.6 Å². The summed E-state index contributed by atoms with van der Waals surface area (Å²) in [4.78, 5) is 28.0. The summed E-state index contributed by atoms with van der Waals surface area (Å²) in [6.45, 7) is 1.75. The molecule has 0 saturated carbocycles. The second-order valence-corrected chi connectivity index (χ2v) is 10.7. The molecule has 1 atom stereocenters. The van der Waals surface area contributed by atoms with Crippen LogP contribution in [0.15, 0.2) is 84.9 Å². The number of benzene rings is 3. The first kappa shape index (κ1) is 27.9. The fourth-order valence-electron chi connectivity index (χ4n) is 3.76. The van der Waals surface area contributed by atoms with Gasteiger partial charge in [0.2, 0.25) is 21.8 Å². The van der Waals surface area contributed by atoms with Crippen molar-refractivity contribution in [3.63, 3.8) is 0 Å². The van der Waals surface area contributed by atoms with Crippen molar-refractivity contribution in [1.82, 2.24) is 14.5 Å². The van der Waals surface area contributed by atoms with Gasteiger partial charge in [0.15, 0.2) is 0 Å². The number of sulfonamides is 1. The van der Waals surface area contributed by atoms with Crippen LogP contribution in [0.2, 0.25) is 0 Å². The Balaban J connectivity index is 1.81. The normalized spacial score (nSPS) is 12.1. The predicted octanol–water partition coefficient (Wildman–Crippen LogP) is 3.19. The van der Waals surface area contributed by atoms with Gasteiger partial charge in [-0.3, -0.25) is 9.59 Å². The van der Waals surface area contributed by atoms with Crippen LogP contribution in [0.1, 0.15) is 23.6 Å². The van der Waals surface area contributed by atoms with Crippen molar-refractivity contribution in [2.24, 2.45) is 0 Å². The number of rotatable bonds is 12. The van der Waals surface area contributed by atoms with Crippen molar-refractivity contribution in [1.29, 1.82) is 0 Å². The number of hydrogen-bond donors (Lipinski definition) is 1. The maximum atomic E-state index is 13.6. The van der Waals surface area contributed by atoms with E-state index < -0.39 is 22.0 Å². The third-order valence-corrected chi connectivity index (χ3v) is 7.17. The molecule has 0 radical (unpaired) electrons. The molecule has 0 spiro atoms. The lowest BCUT2D eigenvalue weighted by Gasteiger charge is -2.31. The fourth-order valence-corrected chi connectivity index (χ4v) is 4.49. The number of nitrogens with one attached hydrogen (secondary N) is 1. The van der Waals surface area contributed by atoms with Crippen LogP contribution in [0.25, 0.3) is 0 Å². The molecule has 0 aromatic heterocycles. The average molecular weight is 524 g/mol. The molecule has 3 rings (SSSR count). The molecule has 8 nitrogen and oxygen atoms in total. The molecule has 0 aliphatic rings. The van der Waals surface area contributed by atoms with Crippen LogP contribution in [0.5, 0.6) is 5.75 Å². The van der Waals surface area contributed by atoms with Crippen LogP contribution in [0, 0.1) is 0 Å². The molecular weight excluding hydrogens is 490 g/mol. The van der Waals surface area contributed by atoms with E-state index in [4.69, 9.17) is 4.74 Å². The van der Waals surface area contributed by atoms with Crippen molar-refractivity contribution >= 4 is 21.8 Å². The summed E-state index contributed by atoms with van der Waals surface area (Å²) < 4.78 is 31.4. The van der Waals surface area contributed by atoms with Crippen molar-refractivity contribution in [2.75, 3.05) is 19.9 Å². The molecule has 0 aliphatic heterocycles. The molecule has 0 heterocycles. The summed E-state index contributed by atoms with van der Waals surface area (Å²) in [5.41, 5.74) is 2.48. The highest BCUT2D eigenvalue weighted by atomic mass is 32.2. The first-order valence-electron chi connectivity index (χ1n) is 11.9. The van der Waals surface area contributed by atoms with Gasteiger partial charge < -0.3 is 15.0 Å². The van der Waals surface area contributed by atoms with Crippen molar-refractivity contribution < 1.29 is 22.7 Å². The Kier molecular flexibility index (Phi) is 9.82. The zero-order valence-electron chi connectivity index (χ0n) is 21.3. The Morgan fingerprint density at radius 3 is 1.92 bits per heavy atom. The molecule has 9 heteroatoms. The maximum absolute atomic E-state index is 13.6. The van der Waals surface area contributed by atoms with Gasteiger partial charge in [-0.15, -0.1) is 0 Å². The molecule has 1 N–H and O–H groups in total. The van der Waals surface area contributed by atoms with Gasteiger partial charge in [0.1, 0.15) is 11.8 Å². The Labute approximate surface area is 218 Å². The van der Waals surface area contributed by atoms with Gasteiger partial charge >= 0.3 is 0 Å². The molecule has 37 heavy (non-hydrogen) atoms. The standard InChI is InChI=1S/C28H33N3O5S/c1-22(28(33)29-18-23-10-6-4-7-11-23)31(20-25-14-16-26(36-2)17-15-25)27(32)21-30(37(3,34)35)19-24-12-8-5-9-13-24/h4-17,22H,18-21H2,1-3H3,(H,29,33)/t22-/m0/s1. The molecule has 0 bridgehead atoms. The number of carbonyl (C=O) groups is 2. The van der Waals surface area contributed by atoms with Gasteiger partial charge in [-0.05, 0) is 35.7 Å². The largest absolute Gasteiger partial charge is 0.497 e. The van der Waals surface area contributed by atoms with E-state index in [9.17, 15) is 18.0 Å². The first-order valence-corrected chi connectivity index (χ1v) is 13.8. The van der Waals surface area contributed by atoms with E-state index in [1.807, 2.05) is 60.7 Å². The van der Waals surface area contributed by atoms with E-state index in [0.29, 0.717) is 12.3 Å². The Bertz CT molecular complexity index is 1270. The number of ether oxygens (including phenoxy) is 1. The van der Waals surface area contributed by atoms with Gasteiger partial charge in [-0.2, -0.15) is 4.31 Å². The van der Waals surface area contributed by atoms with E-state index in [-0.39, 0.29) is 25.5 Å². The molecule has 3 aromatic rings. The lowest BCUT2D eigenvalue weighted by Crippen LogP contribution is -2.50. The minimum Gasteiger partial charge on any atom is -0.497 e. The second-order valence-electron chi connectivity index (χ2n) is 8.77. The van der Waals surface area contributed by atoms with Crippen LogP contribution < -0.4 is 10.1 Å². The summed E-state index contributed by atoms with van der Waals surface area (Å²) in [6, 6.07) is 24.9. The Morgan fingerprint density at radius 2 is 1.38 bits per heavy atom. The molecule has 0 fully saturated rings. The van der Waals surface area contributed by atoms with E-state index in [1.165, 1.54) is 4.90 Å². The zero-order chi connectivity index (χ0) is 26.8. The van der Waals surface area contributed by atoms with Gasteiger partial charge in [0.25, 0.3) is 0 Å². The number of amides is 2. The molecule has 0 aliphatic carbocycles. The molecule has 196 valence electrons. The van der Waals surface area contributed by atoms with Gasteiger partial charge in [0.05, 0.1) is 19.9 Å². The minimum absolute atomic E-state index is 0.0520. The van der Waals surface area contributed by atoms with E-state index in [2.05, 4.69) is 5.32 Å². The lowest BCUT2D eigenvalue weighted by atomic mass is 10.1. The van der Waals surface area contributed by atoms with Crippen LogP contribution in [-0.2, 0) is 39.2 Å². The number of carbonyl (C=O) groups excluding carboxylic acids is 2. The first-order chi connectivity index (χ1) is 17.7. The second kappa shape index (κ2) is 13.0. The third kappa shape index (κ3) is 8.44. The number of nitrogens with zero attached hydrogens (tertiary/aromatic N) is 2. The summed E-state index contributed by atoms with van der Waals surface area (Å²) in [5, 5.41) is 2.88. The quantitative estimate of drug-likeness (QED) is 0.393. The highest BCUT2D eigenvalue weighted by Crippen LogP contribution is 2.16. The molecular formula is C28H33N3O5S. The zero-order valence-corrected chi connectivity index (χ0v) is 22.1. The smallest absolute Gasteiger partial charge is 0.242 e. The lowest BCUT2D eigenvalue weighted by molar-refractivity contribution is -0.140. The summed E-state index contributed by atoms with van der Waals surface area (Å²) >= 11 is 0. The van der Waals surface area contributed by atoms with Crippen LogP contribution >= 0.6 is 0 Å². The molecule has 3 aromatic carbocycles. The minimum atomic E-state index is -3.70. The van der Waals surface area contributed by atoms with E-state index >= 15 is 0 Å². The van der Waals surface area contributed by atoms with Crippen molar-refractivity contribution in [3.8, 4) is 5.75 Å². The Morgan fingerprint density at radius 1 is 0.838 bits per heavy atom. The monoisotopic (exact) mass is 523 g/mol. The highest BCUT2D eigenvalue weighted by Gasteiger charge is 2.29. The Hall–Kier alpha value is -3.69. The van der Waals surface area contributed by atoms with Gasteiger partial charge in [-0.1, -0.05) is 72.8 Å². The summed E-state index contributed by atoms with van der Waals surface area (Å²) in [5.74, 6) is -0.138. The molecule has 0 unspecified atom stereocenters. The number of hydrogen-bond acceptors (Lipinski definition) is 5. The number of methoxy groups -OCH3 is 1. The average Bonchev–Trinajstić information content (AvgIpc) is 2.90. The fraction of sp³-hybridized carbons (Fsp3) is 0.286. The van der Waals surface area contributed by atoms with Crippen LogP contribution in [0.4, 0.5) is 0 Å². The molecule has 0 saturated heterocycles. The summed E-state index contributed by atoms with van der Waals surface area (Å²) in [7, 11) is -2.13. The highest BCUT2D eigenvalue weighted by molar-refractivity contribution is 7.88. The van der Waals surface area contributed by atoms with Crippen molar-refractivity contribution in [3.05, 3.63) is 102 Å². The SMILES string of the molecule is COc1ccc(CN(C(=O)CN(Cc2ccccc2)S(C)(=O)=O)[C@@H](C)C(=O)NCc2ccccc2)cc1. The van der Waals surface area contributed by atoms with Crippen LogP contribution in [0.3, 0.4) is 0 Å². The topological polar surface area (TPSA) is 96.0 Å². The van der Waals surface area contributed by atoms with E-state index in [1.54, 1.807) is 38.3 Å². The predicted molar refractivity (Wildman–Crippen MR) is 143 cm³/mol. The van der Waals surface area contributed by atoms with Crippen molar-refractivity contribution in [2.45, 2.75) is 32.6 Å². The van der Waals surface area contributed by atoms with E-state index in [0.717, 1.165) is 27.3 Å². The maximum Gasteiger partial charge on any atom is 0.242 e. The summed E-state index contributed by atoms with van der Waals surface area (Å²) in [6.07, 6.45) is 1.08. The molecule has 2 amide bonds.